The highest BCUT2D eigenvalue weighted by atomic mass is 16.1. The van der Waals surface area contributed by atoms with Gasteiger partial charge in [0.2, 0.25) is 0 Å². The molecule has 1 aromatic carbocycles. The number of likely N-dealkylation sites (tertiary alicyclic amines) is 1. The van der Waals surface area contributed by atoms with Crippen molar-refractivity contribution in [2.45, 2.75) is 19.9 Å². The molecule has 4 rings (SSSR count). The zero-order chi connectivity index (χ0) is 17.9. The normalized spacial score (nSPS) is 17.7. The van der Waals surface area contributed by atoms with Crippen molar-refractivity contribution in [3.05, 3.63) is 59.5 Å². The van der Waals surface area contributed by atoms with E-state index in [-0.39, 0.29) is 5.91 Å². The Hall–Kier alpha value is -2.73. The van der Waals surface area contributed by atoms with Crippen LogP contribution in [0, 0.1) is 12.8 Å². The van der Waals surface area contributed by atoms with E-state index in [9.17, 15) is 4.79 Å². The monoisotopic (exact) mass is 349 g/mol. The topological polar surface area (TPSA) is 73.9 Å². The molecule has 134 valence electrons. The second kappa shape index (κ2) is 7.25. The molecule has 26 heavy (non-hydrogen) atoms. The quantitative estimate of drug-likeness (QED) is 0.742. The lowest BCUT2D eigenvalue weighted by atomic mass is 10.1. The van der Waals surface area contributed by atoms with Crippen LogP contribution in [0.3, 0.4) is 0 Å². The highest BCUT2D eigenvalue weighted by Crippen LogP contribution is 2.24. The summed E-state index contributed by atoms with van der Waals surface area (Å²) in [7, 11) is 0. The number of benzene rings is 1. The fraction of sp³-hybridized carbons (Fsp3) is 0.350. The number of aromatic nitrogens is 3. The van der Waals surface area contributed by atoms with Crippen LogP contribution in [0.4, 0.5) is 0 Å². The number of carbonyl (C=O) groups is 1. The van der Waals surface area contributed by atoms with E-state index in [4.69, 9.17) is 0 Å². The Kier molecular flexibility index (Phi) is 4.67. The Bertz CT molecular complexity index is 905. The van der Waals surface area contributed by atoms with Crippen LogP contribution >= 0.6 is 0 Å². The lowest BCUT2D eigenvalue weighted by molar-refractivity contribution is 0.0941. The summed E-state index contributed by atoms with van der Waals surface area (Å²) in [6.45, 7) is 5.84. The van der Waals surface area contributed by atoms with Crippen LogP contribution in [-0.4, -0.2) is 45.6 Å². The molecule has 1 amide bonds. The first-order chi connectivity index (χ1) is 12.7. The van der Waals surface area contributed by atoms with Crippen molar-refractivity contribution in [1.82, 2.24) is 25.4 Å². The first kappa shape index (κ1) is 16.7. The maximum atomic E-state index is 12.1. The van der Waals surface area contributed by atoms with Gasteiger partial charge in [-0.15, -0.1) is 5.10 Å². The van der Waals surface area contributed by atoms with Gasteiger partial charge in [0.25, 0.3) is 5.91 Å². The number of nitrogens with one attached hydrogen (secondary N) is 2. The molecule has 1 atom stereocenters. The van der Waals surface area contributed by atoms with E-state index >= 15 is 0 Å². The van der Waals surface area contributed by atoms with E-state index in [2.05, 4.69) is 56.6 Å². The molecule has 3 aromatic rings. The summed E-state index contributed by atoms with van der Waals surface area (Å²) in [6, 6.07) is 11.8. The molecule has 2 N–H and O–H groups in total. The third kappa shape index (κ3) is 3.46. The molecule has 0 bridgehead atoms. The Morgan fingerprint density at radius 2 is 2.19 bits per heavy atom. The Labute approximate surface area is 152 Å². The standard InChI is InChI=1S/C20H23N5O/c1-14-16-5-2-3-6-17(16)23-19(14)13-25-10-8-15(12-25)11-21-20(26)18-7-4-9-22-24-18/h2-7,9,15,23H,8,10-13H2,1H3,(H,21,26)/t15-/m1/s1. The molecule has 6 heteroatoms. The summed E-state index contributed by atoms with van der Waals surface area (Å²) in [5.74, 6) is 0.323. The van der Waals surface area contributed by atoms with Crippen molar-refractivity contribution < 1.29 is 4.79 Å². The zero-order valence-electron chi connectivity index (χ0n) is 14.9. The number of aryl methyl sites for hydroxylation is 1. The molecule has 0 spiro atoms. The summed E-state index contributed by atoms with van der Waals surface area (Å²) in [5.41, 5.74) is 4.19. The Morgan fingerprint density at radius 1 is 1.31 bits per heavy atom. The molecule has 1 aliphatic heterocycles. The van der Waals surface area contributed by atoms with E-state index in [1.165, 1.54) is 22.2 Å². The van der Waals surface area contributed by atoms with Crippen LogP contribution in [0.5, 0.6) is 0 Å². The Morgan fingerprint density at radius 3 is 3.00 bits per heavy atom. The summed E-state index contributed by atoms with van der Waals surface area (Å²) in [5, 5.41) is 11.9. The van der Waals surface area contributed by atoms with Gasteiger partial charge in [0.15, 0.2) is 5.69 Å². The highest BCUT2D eigenvalue weighted by molar-refractivity contribution is 5.91. The number of aromatic amines is 1. The van der Waals surface area contributed by atoms with Crippen molar-refractivity contribution in [2.24, 2.45) is 5.92 Å². The van der Waals surface area contributed by atoms with Crippen molar-refractivity contribution in [3.8, 4) is 0 Å². The smallest absolute Gasteiger partial charge is 0.271 e. The van der Waals surface area contributed by atoms with Gasteiger partial charge in [-0.2, -0.15) is 5.10 Å². The van der Waals surface area contributed by atoms with Crippen molar-refractivity contribution in [3.63, 3.8) is 0 Å². The van der Waals surface area contributed by atoms with Gasteiger partial charge >= 0.3 is 0 Å². The van der Waals surface area contributed by atoms with Crippen LogP contribution < -0.4 is 5.32 Å². The predicted octanol–water partition coefficient (Wildman–Crippen LogP) is 2.52. The molecule has 1 aliphatic rings. The molecule has 0 aliphatic carbocycles. The van der Waals surface area contributed by atoms with Crippen molar-refractivity contribution >= 4 is 16.8 Å². The molecule has 6 nitrogen and oxygen atoms in total. The van der Waals surface area contributed by atoms with E-state index in [0.29, 0.717) is 18.2 Å². The summed E-state index contributed by atoms with van der Waals surface area (Å²) in [4.78, 5) is 18.1. The molecule has 1 fully saturated rings. The first-order valence-corrected chi connectivity index (χ1v) is 9.05. The number of para-hydroxylation sites is 1. The number of fused-ring (bicyclic) bond motifs is 1. The molecule has 0 radical (unpaired) electrons. The van der Waals surface area contributed by atoms with Gasteiger partial charge in [0.05, 0.1) is 0 Å². The van der Waals surface area contributed by atoms with Gasteiger partial charge < -0.3 is 10.3 Å². The van der Waals surface area contributed by atoms with Crippen LogP contribution in [0.25, 0.3) is 10.9 Å². The molecular weight excluding hydrogens is 326 g/mol. The number of nitrogens with zero attached hydrogens (tertiary/aromatic N) is 3. The maximum absolute atomic E-state index is 12.1. The number of H-pyrrole nitrogens is 1. The van der Waals surface area contributed by atoms with Gasteiger partial charge in [-0.3, -0.25) is 9.69 Å². The van der Waals surface area contributed by atoms with Crippen LogP contribution in [0.2, 0.25) is 0 Å². The van der Waals surface area contributed by atoms with Crippen molar-refractivity contribution in [1.29, 1.82) is 0 Å². The fourth-order valence-corrected chi connectivity index (χ4v) is 3.69. The van der Waals surface area contributed by atoms with E-state index in [1.54, 1.807) is 18.3 Å². The average molecular weight is 349 g/mol. The molecule has 0 unspecified atom stereocenters. The molecule has 1 saturated heterocycles. The van der Waals surface area contributed by atoms with Gasteiger partial charge in [0.1, 0.15) is 0 Å². The van der Waals surface area contributed by atoms with Gasteiger partial charge in [0, 0.05) is 42.4 Å². The third-order valence-electron chi connectivity index (χ3n) is 5.18. The van der Waals surface area contributed by atoms with Crippen molar-refractivity contribution in [2.75, 3.05) is 19.6 Å². The van der Waals surface area contributed by atoms with Gasteiger partial charge in [-0.1, -0.05) is 18.2 Å². The summed E-state index contributed by atoms with van der Waals surface area (Å²) in [6.07, 6.45) is 2.66. The molecule has 0 saturated carbocycles. The predicted molar refractivity (Wildman–Crippen MR) is 101 cm³/mol. The number of amides is 1. The number of hydrogen-bond acceptors (Lipinski definition) is 4. The number of carbonyl (C=O) groups excluding carboxylic acids is 1. The third-order valence-corrected chi connectivity index (χ3v) is 5.18. The minimum Gasteiger partial charge on any atom is -0.357 e. The van der Waals surface area contributed by atoms with E-state index in [0.717, 1.165) is 26.1 Å². The zero-order valence-corrected chi connectivity index (χ0v) is 14.9. The SMILES string of the molecule is Cc1c(CN2CC[C@H](CNC(=O)c3cccnn3)C2)[nH]c2ccccc12. The summed E-state index contributed by atoms with van der Waals surface area (Å²) >= 11 is 0. The number of rotatable bonds is 5. The van der Waals surface area contributed by atoms with Gasteiger partial charge in [-0.05, 0) is 49.6 Å². The van der Waals surface area contributed by atoms with E-state index in [1.807, 2.05) is 0 Å². The molecule has 2 aromatic heterocycles. The minimum atomic E-state index is -0.150. The lowest BCUT2D eigenvalue weighted by Gasteiger charge is -2.16. The first-order valence-electron chi connectivity index (χ1n) is 9.05. The Balaban J connectivity index is 1.32. The molecule has 3 heterocycles. The molecular formula is C20H23N5O. The van der Waals surface area contributed by atoms with Crippen LogP contribution in [0.1, 0.15) is 28.2 Å². The van der Waals surface area contributed by atoms with Gasteiger partial charge in [-0.25, -0.2) is 0 Å². The highest BCUT2D eigenvalue weighted by Gasteiger charge is 2.24. The second-order valence-corrected chi connectivity index (χ2v) is 6.98. The van der Waals surface area contributed by atoms with Crippen LogP contribution in [-0.2, 0) is 6.54 Å². The largest absolute Gasteiger partial charge is 0.357 e. The second-order valence-electron chi connectivity index (χ2n) is 6.98. The van der Waals surface area contributed by atoms with E-state index < -0.39 is 0 Å². The maximum Gasteiger partial charge on any atom is 0.271 e. The summed E-state index contributed by atoms with van der Waals surface area (Å²) < 4.78 is 0. The minimum absolute atomic E-state index is 0.150. The number of hydrogen-bond donors (Lipinski definition) is 2. The fourth-order valence-electron chi connectivity index (χ4n) is 3.69. The average Bonchev–Trinajstić information content (AvgIpc) is 3.26. The lowest BCUT2D eigenvalue weighted by Crippen LogP contribution is -2.31. The van der Waals surface area contributed by atoms with Crippen LogP contribution in [0.15, 0.2) is 42.6 Å².